The number of hydrogen-bond donors (Lipinski definition) is 1. The second kappa shape index (κ2) is 8.45. The largest absolute Gasteiger partial charge is 0.496 e. The smallest absolute Gasteiger partial charge is 0.323 e. The maximum Gasteiger partial charge on any atom is 0.323 e. The molecule has 0 saturated heterocycles. The molecule has 0 bridgehead atoms. The van der Waals surface area contributed by atoms with Gasteiger partial charge in [0.25, 0.3) is 0 Å². The summed E-state index contributed by atoms with van der Waals surface area (Å²) >= 11 is 5.04. The Morgan fingerprint density at radius 3 is 2.84 bits per heavy atom. The summed E-state index contributed by atoms with van der Waals surface area (Å²) in [7, 11) is 1.63. The van der Waals surface area contributed by atoms with E-state index in [-0.39, 0.29) is 5.97 Å². The van der Waals surface area contributed by atoms with Gasteiger partial charge in [-0.25, -0.2) is 0 Å². The van der Waals surface area contributed by atoms with E-state index >= 15 is 0 Å². The third-order valence-electron chi connectivity index (χ3n) is 2.37. The molecule has 0 aliphatic heterocycles. The van der Waals surface area contributed by atoms with Crippen LogP contribution in [0.25, 0.3) is 0 Å². The molecular weight excluding hydrogens is 330 g/mol. The SMILES string of the molecule is CCOC(=O)C(N)CSCc1ccc(OC)c(Br)c1. The van der Waals surface area contributed by atoms with E-state index in [1.54, 1.807) is 25.8 Å². The molecule has 1 rings (SSSR count). The van der Waals surface area contributed by atoms with Gasteiger partial charge in [-0.05, 0) is 40.5 Å². The summed E-state index contributed by atoms with van der Waals surface area (Å²) in [5.41, 5.74) is 6.87. The van der Waals surface area contributed by atoms with Crippen molar-refractivity contribution in [3.63, 3.8) is 0 Å². The number of rotatable bonds is 7. The molecule has 0 radical (unpaired) electrons. The standard InChI is InChI=1S/C13H18BrNO3S/c1-3-18-13(16)11(15)8-19-7-9-4-5-12(17-2)10(14)6-9/h4-6,11H,3,7-8,15H2,1-2H3. The molecule has 1 atom stereocenters. The van der Waals surface area contributed by atoms with E-state index in [2.05, 4.69) is 15.9 Å². The van der Waals surface area contributed by atoms with Gasteiger partial charge in [0, 0.05) is 11.5 Å². The van der Waals surface area contributed by atoms with Crippen molar-refractivity contribution in [1.29, 1.82) is 0 Å². The molecule has 0 saturated carbocycles. The van der Waals surface area contributed by atoms with Crippen molar-refractivity contribution >= 4 is 33.7 Å². The normalized spacial score (nSPS) is 12.0. The second-order valence-electron chi connectivity index (χ2n) is 3.84. The lowest BCUT2D eigenvalue weighted by molar-refractivity contribution is -0.144. The van der Waals surface area contributed by atoms with E-state index in [1.807, 2.05) is 18.2 Å². The van der Waals surface area contributed by atoms with Crippen LogP contribution in [0, 0.1) is 0 Å². The lowest BCUT2D eigenvalue weighted by Gasteiger charge is -2.10. The molecule has 19 heavy (non-hydrogen) atoms. The molecule has 2 N–H and O–H groups in total. The fourth-order valence-electron chi connectivity index (χ4n) is 1.42. The number of nitrogens with two attached hydrogens (primary N) is 1. The van der Waals surface area contributed by atoms with Crippen molar-refractivity contribution in [2.75, 3.05) is 19.5 Å². The Labute approximate surface area is 126 Å². The Morgan fingerprint density at radius 2 is 2.26 bits per heavy atom. The van der Waals surface area contributed by atoms with Crippen molar-refractivity contribution in [3.8, 4) is 5.75 Å². The van der Waals surface area contributed by atoms with Gasteiger partial charge in [0.1, 0.15) is 11.8 Å². The zero-order chi connectivity index (χ0) is 14.3. The number of benzene rings is 1. The maximum absolute atomic E-state index is 11.3. The van der Waals surface area contributed by atoms with Crippen molar-refractivity contribution in [3.05, 3.63) is 28.2 Å². The third-order valence-corrected chi connectivity index (χ3v) is 4.12. The summed E-state index contributed by atoms with van der Waals surface area (Å²) in [4.78, 5) is 11.3. The van der Waals surface area contributed by atoms with E-state index in [1.165, 1.54) is 0 Å². The van der Waals surface area contributed by atoms with Gasteiger partial charge in [-0.2, -0.15) is 11.8 Å². The minimum absolute atomic E-state index is 0.342. The van der Waals surface area contributed by atoms with Gasteiger partial charge in [0.2, 0.25) is 0 Å². The van der Waals surface area contributed by atoms with Gasteiger partial charge in [0.05, 0.1) is 18.2 Å². The van der Waals surface area contributed by atoms with E-state index in [9.17, 15) is 4.79 Å². The van der Waals surface area contributed by atoms with Crippen LogP contribution in [0.5, 0.6) is 5.75 Å². The topological polar surface area (TPSA) is 61.5 Å². The van der Waals surface area contributed by atoms with E-state index in [0.717, 1.165) is 21.5 Å². The lowest BCUT2D eigenvalue weighted by atomic mass is 10.2. The molecule has 4 nitrogen and oxygen atoms in total. The van der Waals surface area contributed by atoms with Crippen molar-refractivity contribution < 1.29 is 14.3 Å². The van der Waals surface area contributed by atoms with Crippen LogP contribution < -0.4 is 10.5 Å². The molecule has 0 amide bonds. The van der Waals surface area contributed by atoms with Gasteiger partial charge in [0.15, 0.2) is 0 Å². The predicted octanol–water partition coefficient (Wildman–Crippen LogP) is 2.58. The van der Waals surface area contributed by atoms with Gasteiger partial charge >= 0.3 is 5.97 Å². The first-order valence-corrected chi connectivity index (χ1v) is 7.85. The first kappa shape index (κ1) is 16.3. The van der Waals surface area contributed by atoms with Crippen molar-refractivity contribution in [1.82, 2.24) is 0 Å². The minimum Gasteiger partial charge on any atom is -0.496 e. The van der Waals surface area contributed by atoms with Crippen LogP contribution in [0.4, 0.5) is 0 Å². The summed E-state index contributed by atoms with van der Waals surface area (Å²) in [6, 6.07) is 5.34. The quantitative estimate of drug-likeness (QED) is 0.768. The number of halogens is 1. The molecule has 0 spiro atoms. The number of esters is 1. The van der Waals surface area contributed by atoms with E-state index < -0.39 is 6.04 Å². The van der Waals surface area contributed by atoms with Crippen molar-refractivity contribution in [2.24, 2.45) is 5.73 Å². The Hall–Kier alpha value is -0.720. The number of carbonyl (C=O) groups is 1. The number of hydrogen-bond acceptors (Lipinski definition) is 5. The van der Waals surface area contributed by atoms with Crippen LogP contribution in [0.2, 0.25) is 0 Å². The average Bonchev–Trinajstić information content (AvgIpc) is 2.39. The molecule has 0 aliphatic rings. The Balaban J connectivity index is 2.41. The van der Waals surface area contributed by atoms with Crippen LogP contribution in [0.15, 0.2) is 22.7 Å². The Bertz CT molecular complexity index is 428. The highest BCUT2D eigenvalue weighted by Gasteiger charge is 2.14. The molecule has 0 aliphatic carbocycles. The van der Waals surface area contributed by atoms with Gasteiger partial charge in [-0.1, -0.05) is 6.07 Å². The zero-order valence-electron chi connectivity index (χ0n) is 11.0. The lowest BCUT2D eigenvalue weighted by Crippen LogP contribution is -2.34. The molecule has 0 aromatic heterocycles. The molecule has 1 aromatic rings. The van der Waals surface area contributed by atoms with E-state index in [0.29, 0.717) is 12.4 Å². The molecule has 6 heteroatoms. The van der Waals surface area contributed by atoms with Gasteiger partial charge < -0.3 is 15.2 Å². The second-order valence-corrected chi connectivity index (χ2v) is 5.73. The molecule has 1 unspecified atom stereocenters. The summed E-state index contributed by atoms with van der Waals surface area (Å²) in [6.07, 6.45) is 0. The number of thioether (sulfide) groups is 1. The van der Waals surface area contributed by atoms with Crippen LogP contribution >= 0.6 is 27.7 Å². The zero-order valence-corrected chi connectivity index (χ0v) is 13.4. The minimum atomic E-state index is -0.563. The third kappa shape index (κ3) is 5.42. The first-order valence-electron chi connectivity index (χ1n) is 5.90. The van der Waals surface area contributed by atoms with Gasteiger partial charge in [-0.15, -0.1) is 0 Å². The highest BCUT2D eigenvalue weighted by molar-refractivity contribution is 9.10. The molecular formula is C13H18BrNO3S. The number of methoxy groups -OCH3 is 1. The average molecular weight is 348 g/mol. The Kier molecular flexibility index (Phi) is 7.27. The van der Waals surface area contributed by atoms with Crippen LogP contribution in [0.3, 0.4) is 0 Å². The fourth-order valence-corrected chi connectivity index (χ4v) is 2.93. The number of ether oxygens (including phenoxy) is 2. The monoisotopic (exact) mass is 347 g/mol. The van der Waals surface area contributed by atoms with Crippen molar-refractivity contribution in [2.45, 2.75) is 18.7 Å². The molecule has 0 fully saturated rings. The fraction of sp³-hybridized carbons (Fsp3) is 0.462. The highest BCUT2D eigenvalue weighted by atomic mass is 79.9. The summed E-state index contributed by atoms with van der Waals surface area (Å²) in [5.74, 6) is 1.79. The van der Waals surface area contributed by atoms with Gasteiger partial charge in [-0.3, -0.25) is 4.79 Å². The summed E-state index contributed by atoms with van der Waals surface area (Å²) < 4.78 is 10.9. The van der Waals surface area contributed by atoms with Crippen LogP contribution in [0.1, 0.15) is 12.5 Å². The van der Waals surface area contributed by atoms with Crippen LogP contribution in [-0.2, 0) is 15.3 Å². The molecule has 106 valence electrons. The molecule has 1 aromatic carbocycles. The van der Waals surface area contributed by atoms with Crippen LogP contribution in [-0.4, -0.2) is 31.5 Å². The summed E-state index contributed by atoms with van der Waals surface area (Å²) in [5, 5.41) is 0. The Morgan fingerprint density at radius 1 is 1.53 bits per heavy atom. The van der Waals surface area contributed by atoms with E-state index in [4.69, 9.17) is 15.2 Å². The first-order chi connectivity index (χ1) is 9.08. The summed E-state index contributed by atoms with van der Waals surface area (Å²) in [6.45, 7) is 2.13. The molecule has 0 heterocycles. The predicted molar refractivity (Wildman–Crippen MR) is 81.5 cm³/mol. The maximum atomic E-state index is 11.3. The highest BCUT2D eigenvalue weighted by Crippen LogP contribution is 2.27. The number of carbonyl (C=O) groups excluding carboxylic acids is 1.